The van der Waals surface area contributed by atoms with Crippen LogP contribution in [0.15, 0.2) is 66.9 Å². The first kappa shape index (κ1) is 24.1. The van der Waals surface area contributed by atoms with Crippen molar-refractivity contribution in [2.75, 3.05) is 0 Å². The van der Waals surface area contributed by atoms with Gasteiger partial charge in [-0.15, -0.1) is 0 Å². The van der Waals surface area contributed by atoms with Crippen LogP contribution in [0.3, 0.4) is 0 Å². The van der Waals surface area contributed by atoms with Crippen molar-refractivity contribution in [1.29, 1.82) is 0 Å². The number of aromatic hydroxyl groups is 1. The fourth-order valence-corrected chi connectivity index (χ4v) is 4.46. The Morgan fingerprint density at radius 2 is 1.79 bits per heavy atom. The van der Waals surface area contributed by atoms with Gasteiger partial charge in [0, 0.05) is 11.8 Å². The van der Waals surface area contributed by atoms with Gasteiger partial charge in [-0.3, -0.25) is 19.1 Å². The lowest BCUT2D eigenvalue weighted by Crippen LogP contribution is -2.38. The minimum absolute atomic E-state index is 0.0220. The second-order valence-corrected chi connectivity index (χ2v) is 8.83. The molecule has 0 aliphatic rings. The van der Waals surface area contributed by atoms with Crippen LogP contribution in [0.4, 0.5) is 0 Å². The summed E-state index contributed by atoms with van der Waals surface area (Å²) in [6.45, 7) is 1.10. The fraction of sp³-hybridized carbons (Fsp3) is 0.174. The van der Waals surface area contributed by atoms with Gasteiger partial charge < -0.3 is 14.7 Å². The van der Waals surface area contributed by atoms with E-state index in [1.165, 1.54) is 13.1 Å². The molecule has 10 heteroatoms. The lowest BCUT2D eigenvalue weighted by molar-refractivity contribution is -0.139. The molecule has 1 heterocycles. The minimum Gasteiger partial charge on any atom is -0.505 e. The first-order chi connectivity index (χ1) is 15.8. The Hall–Kier alpha value is -3.52. The molecule has 33 heavy (non-hydrogen) atoms. The monoisotopic (exact) mass is 470 g/mol. The largest absolute Gasteiger partial charge is 0.505 e. The predicted molar refractivity (Wildman–Crippen MR) is 120 cm³/mol. The van der Waals surface area contributed by atoms with Crippen LogP contribution >= 0.6 is 7.75 Å². The van der Waals surface area contributed by atoms with Gasteiger partial charge in [0.1, 0.15) is 17.5 Å². The average molecular weight is 470 g/mol. The van der Waals surface area contributed by atoms with Crippen LogP contribution < -0.4 is 9.61 Å². The first-order valence-corrected chi connectivity index (χ1v) is 11.5. The van der Waals surface area contributed by atoms with Crippen LogP contribution in [0, 0.1) is 6.92 Å². The third-order valence-electron chi connectivity index (χ3n) is 4.73. The number of nitrogens with zero attached hydrogens (tertiary/aromatic N) is 1. The summed E-state index contributed by atoms with van der Waals surface area (Å²) in [5.41, 5.74) is 1.06. The number of para-hydroxylation sites is 1. The summed E-state index contributed by atoms with van der Waals surface area (Å²) in [6, 6.07) is 15.7. The maximum absolute atomic E-state index is 13.6. The van der Waals surface area contributed by atoms with E-state index in [0.29, 0.717) is 11.8 Å². The molecule has 3 N–H and O–H groups in total. The van der Waals surface area contributed by atoms with Crippen LogP contribution in [-0.4, -0.2) is 33.5 Å². The summed E-state index contributed by atoms with van der Waals surface area (Å²) in [5.74, 6) is -1.37. The molecule has 3 rings (SSSR count). The summed E-state index contributed by atoms with van der Waals surface area (Å²) in [6.07, 6.45) is 1.77. The molecule has 2 unspecified atom stereocenters. The highest BCUT2D eigenvalue weighted by Crippen LogP contribution is 2.46. The van der Waals surface area contributed by atoms with Crippen molar-refractivity contribution in [3.05, 3.63) is 89.2 Å². The lowest BCUT2D eigenvalue weighted by Gasteiger charge is -2.24. The van der Waals surface area contributed by atoms with Crippen molar-refractivity contribution in [2.24, 2.45) is 0 Å². The molecule has 0 saturated heterocycles. The zero-order chi connectivity index (χ0) is 23.8. The van der Waals surface area contributed by atoms with E-state index < -0.39 is 26.4 Å². The molecular formula is C23H23N2O7P. The van der Waals surface area contributed by atoms with Gasteiger partial charge in [0.15, 0.2) is 6.29 Å². The van der Waals surface area contributed by atoms with Gasteiger partial charge in [0.2, 0.25) is 0 Å². The SMILES string of the molecule is Cc1ncc(COP(=O)(NC(Cc2ccccc2)C(=O)O)Oc2ccccc2)c(C=O)c1O. The highest BCUT2D eigenvalue weighted by Gasteiger charge is 2.34. The fourth-order valence-electron chi connectivity index (χ4n) is 2.99. The maximum atomic E-state index is 13.6. The van der Waals surface area contributed by atoms with Crippen molar-refractivity contribution in [3.63, 3.8) is 0 Å². The molecule has 1 aromatic heterocycles. The van der Waals surface area contributed by atoms with Gasteiger partial charge in [-0.2, -0.15) is 5.09 Å². The smallest absolute Gasteiger partial charge is 0.459 e. The number of aryl methyl sites for hydroxylation is 1. The van der Waals surface area contributed by atoms with Gasteiger partial charge in [-0.25, -0.2) is 4.57 Å². The van der Waals surface area contributed by atoms with Gasteiger partial charge in [0.25, 0.3) is 0 Å². The normalized spacial score (nSPS) is 13.6. The molecular weight excluding hydrogens is 447 g/mol. The van der Waals surface area contributed by atoms with E-state index in [-0.39, 0.29) is 34.7 Å². The zero-order valence-electron chi connectivity index (χ0n) is 17.7. The minimum atomic E-state index is -4.27. The van der Waals surface area contributed by atoms with Gasteiger partial charge in [0.05, 0.1) is 17.9 Å². The summed E-state index contributed by atoms with van der Waals surface area (Å²) in [7, 11) is -4.27. The number of rotatable bonds is 11. The number of carbonyl (C=O) groups is 2. The van der Waals surface area contributed by atoms with Crippen molar-refractivity contribution < 1.29 is 33.4 Å². The van der Waals surface area contributed by atoms with Crippen LogP contribution in [0.2, 0.25) is 0 Å². The number of nitrogens with one attached hydrogen (secondary N) is 1. The Morgan fingerprint density at radius 1 is 1.15 bits per heavy atom. The number of aldehydes is 1. The topological polar surface area (TPSA) is 135 Å². The molecule has 3 aromatic rings. The standard InChI is InChI=1S/C23H23N2O7P/c1-16-22(27)20(14-26)18(13-24-16)15-31-33(30,32-19-10-6-3-7-11-19)25-21(23(28)29)12-17-8-4-2-5-9-17/h2-11,13-14,21,27H,12,15H2,1H3,(H,25,30)(H,28,29). The summed E-state index contributed by atoms with van der Waals surface area (Å²) in [5, 5.41) is 22.3. The first-order valence-electron chi connectivity index (χ1n) is 9.97. The number of aliphatic carboxylic acids is 1. The summed E-state index contributed by atoms with van der Waals surface area (Å²) >= 11 is 0. The van der Waals surface area contributed by atoms with Gasteiger partial charge in [-0.05, 0) is 31.0 Å². The van der Waals surface area contributed by atoms with Gasteiger partial charge in [-0.1, -0.05) is 48.5 Å². The van der Waals surface area contributed by atoms with Crippen molar-refractivity contribution in [3.8, 4) is 11.5 Å². The number of hydrogen-bond acceptors (Lipinski definition) is 7. The van der Waals surface area contributed by atoms with E-state index in [1.54, 1.807) is 60.7 Å². The molecule has 0 spiro atoms. The third kappa shape index (κ3) is 6.49. The lowest BCUT2D eigenvalue weighted by atomic mass is 10.1. The number of carboxylic acid groups (broad SMARTS) is 1. The molecule has 0 bridgehead atoms. The Balaban J connectivity index is 1.88. The molecule has 0 aliphatic carbocycles. The predicted octanol–water partition coefficient (Wildman–Crippen LogP) is 3.90. The molecule has 172 valence electrons. The molecule has 0 saturated carbocycles. The van der Waals surface area contributed by atoms with E-state index in [4.69, 9.17) is 9.05 Å². The Kier molecular flexibility index (Phi) is 7.95. The van der Waals surface area contributed by atoms with E-state index in [9.17, 15) is 24.4 Å². The summed E-state index contributed by atoms with van der Waals surface area (Å²) in [4.78, 5) is 27.3. The number of hydrogen-bond donors (Lipinski definition) is 3. The number of carboxylic acids is 1. The Bertz CT molecular complexity index is 1160. The number of aromatic nitrogens is 1. The summed E-state index contributed by atoms with van der Waals surface area (Å²) < 4.78 is 24.7. The average Bonchev–Trinajstić information content (AvgIpc) is 2.81. The number of benzene rings is 2. The number of pyridine rings is 1. The van der Waals surface area contributed by atoms with Crippen LogP contribution in [0.1, 0.15) is 27.2 Å². The van der Waals surface area contributed by atoms with E-state index in [0.717, 1.165) is 0 Å². The van der Waals surface area contributed by atoms with Crippen LogP contribution in [0.25, 0.3) is 0 Å². The van der Waals surface area contributed by atoms with Crippen LogP contribution in [-0.2, 0) is 26.9 Å². The van der Waals surface area contributed by atoms with Crippen molar-refractivity contribution >= 4 is 20.0 Å². The van der Waals surface area contributed by atoms with E-state index in [1.807, 2.05) is 0 Å². The molecule has 0 radical (unpaired) electrons. The highest BCUT2D eigenvalue weighted by atomic mass is 31.2. The molecule has 9 nitrogen and oxygen atoms in total. The van der Waals surface area contributed by atoms with Crippen LogP contribution in [0.5, 0.6) is 11.5 Å². The second-order valence-electron chi connectivity index (χ2n) is 7.13. The second kappa shape index (κ2) is 10.9. The molecule has 0 fully saturated rings. The molecule has 2 atom stereocenters. The quantitative estimate of drug-likeness (QED) is 0.282. The maximum Gasteiger partial charge on any atom is 0.459 e. The van der Waals surface area contributed by atoms with Crippen molar-refractivity contribution in [1.82, 2.24) is 10.1 Å². The Labute approximate surface area is 190 Å². The van der Waals surface area contributed by atoms with E-state index in [2.05, 4.69) is 10.1 Å². The van der Waals surface area contributed by atoms with Crippen molar-refractivity contribution in [2.45, 2.75) is 26.0 Å². The molecule has 2 aromatic carbocycles. The Morgan fingerprint density at radius 3 is 2.39 bits per heavy atom. The van der Waals surface area contributed by atoms with Gasteiger partial charge >= 0.3 is 13.7 Å². The molecule has 0 aliphatic heterocycles. The molecule has 0 amide bonds. The van der Waals surface area contributed by atoms with E-state index >= 15 is 0 Å². The number of carbonyl (C=O) groups excluding carboxylic acids is 1. The zero-order valence-corrected chi connectivity index (χ0v) is 18.6. The highest BCUT2D eigenvalue weighted by molar-refractivity contribution is 7.52. The third-order valence-corrected chi connectivity index (χ3v) is 6.28.